The summed E-state index contributed by atoms with van der Waals surface area (Å²) in [6.07, 6.45) is 3.92. The predicted molar refractivity (Wildman–Crippen MR) is 83.4 cm³/mol. The molecule has 3 N–H and O–H groups in total. The fraction of sp³-hybridized carbons (Fsp3) is 0.375. The summed E-state index contributed by atoms with van der Waals surface area (Å²) in [5.74, 6) is -0.181. The normalized spacial score (nSPS) is 10.4. The lowest BCUT2D eigenvalue weighted by Gasteiger charge is -2.13. The van der Waals surface area contributed by atoms with Crippen LogP contribution in [-0.2, 0) is 9.59 Å². The summed E-state index contributed by atoms with van der Waals surface area (Å²) in [5.41, 5.74) is 8.04. The van der Waals surface area contributed by atoms with Gasteiger partial charge in [0.2, 0.25) is 0 Å². The van der Waals surface area contributed by atoms with Crippen LogP contribution in [0.2, 0.25) is 0 Å². The molecule has 0 fully saturated rings. The standard InChI is InChI=1S/C14H18O2.C2H5NO2/c1-4-6-11(2)14-12(3)7-5-8-13(14)16-10-9-15;3-1-2(4)5/h5-9H,4,10H2,1-3H3;1,3H2,(H,4,5)/b11-6-;. The fourth-order valence-corrected chi connectivity index (χ4v) is 1.80. The summed E-state index contributed by atoms with van der Waals surface area (Å²) in [6.45, 7) is 6.05. The number of allylic oxidation sites excluding steroid dienone is 2. The third-order valence-corrected chi connectivity index (χ3v) is 2.62. The molecule has 0 saturated heterocycles. The molecule has 0 bridgehead atoms. The van der Waals surface area contributed by atoms with E-state index in [0.717, 1.165) is 24.0 Å². The molecule has 116 valence electrons. The first-order valence-electron chi connectivity index (χ1n) is 6.72. The summed E-state index contributed by atoms with van der Waals surface area (Å²) < 4.78 is 5.43. The largest absolute Gasteiger partial charge is 0.486 e. The molecular formula is C16H23NO4. The number of carboxylic acids is 1. The zero-order valence-corrected chi connectivity index (χ0v) is 12.8. The van der Waals surface area contributed by atoms with Crippen molar-refractivity contribution in [3.63, 3.8) is 0 Å². The van der Waals surface area contributed by atoms with Crippen LogP contribution in [0.15, 0.2) is 24.3 Å². The summed E-state index contributed by atoms with van der Waals surface area (Å²) in [6, 6.07) is 5.90. The second-order valence-electron chi connectivity index (χ2n) is 4.32. The van der Waals surface area contributed by atoms with Crippen LogP contribution in [0.3, 0.4) is 0 Å². The zero-order chi connectivity index (χ0) is 16.3. The van der Waals surface area contributed by atoms with E-state index in [0.29, 0.717) is 0 Å². The molecule has 0 spiro atoms. The van der Waals surface area contributed by atoms with E-state index in [4.69, 9.17) is 9.84 Å². The first kappa shape index (κ1) is 18.9. The van der Waals surface area contributed by atoms with Gasteiger partial charge in [0.05, 0.1) is 6.54 Å². The number of ether oxygens (including phenoxy) is 1. The second kappa shape index (κ2) is 10.6. The molecule has 0 aliphatic rings. The number of aliphatic carboxylic acids is 1. The number of benzene rings is 1. The number of rotatable bonds is 6. The summed E-state index contributed by atoms with van der Waals surface area (Å²) >= 11 is 0. The van der Waals surface area contributed by atoms with Crippen LogP contribution in [0.4, 0.5) is 0 Å². The molecule has 0 heterocycles. The maximum absolute atomic E-state index is 10.3. The summed E-state index contributed by atoms with van der Waals surface area (Å²) in [5, 5.41) is 7.60. The molecule has 1 rings (SSSR count). The Morgan fingerprint density at radius 1 is 1.43 bits per heavy atom. The maximum atomic E-state index is 10.3. The van der Waals surface area contributed by atoms with Crippen molar-refractivity contribution < 1.29 is 19.4 Å². The van der Waals surface area contributed by atoms with Gasteiger partial charge < -0.3 is 15.6 Å². The predicted octanol–water partition coefficient (Wildman–Crippen LogP) is 2.42. The van der Waals surface area contributed by atoms with Crippen LogP contribution in [0.5, 0.6) is 5.75 Å². The van der Waals surface area contributed by atoms with Crippen LogP contribution in [0.1, 0.15) is 31.4 Å². The van der Waals surface area contributed by atoms with Gasteiger partial charge in [0.15, 0.2) is 6.29 Å². The molecule has 0 amide bonds. The van der Waals surface area contributed by atoms with Crippen LogP contribution in [0, 0.1) is 6.92 Å². The number of nitrogens with two attached hydrogens (primary N) is 1. The fourth-order valence-electron chi connectivity index (χ4n) is 1.80. The van der Waals surface area contributed by atoms with Gasteiger partial charge in [-0.15, -0.1) is 0 Å². The van der Waals surface area contributed by atoms with Gasteiger partial charge in [-0.25, -0.2) is 0 Å². The number of hydrogen-bond acceptors (Lipinski definition) is 4. The first-order chi connectivity index (χ1) is 9.97. The van der Waals surface area contributed by atoms with Crippen molar-refractivity contribution in [2.45, 2.75) is 27.2 Å². The number of aldehydes is 1. The van der Waals surface area contributed by atoms with Crippen molar-refractivity contribution in [3.05, 3.63) is 35.4 Å². The molecule has 0 aromatic heterocycles. The molecule has 0 aliphatic carbocycles. The maximum Gasteiger partial charge on any atom is 0.317 e. The molecular weight excluding hydrogens is 270 g/mol. The minimum Gasteiger partial charge on any atom is -0.486 e. The third kappa shape index (κ3) is 7.27. The van der Waals surface area contributed by atoms with Crippen LogP contribution >= 0.6 is 0 Å². The van der Waals surface area contributed by atoms with E-state index >= 15 is 0 Å². The highest BCUT2D eigenvalue weighted by Gasteiger charge is 2.07. The van der Waals surface area contributed by atoms with Gasteiger partial charge >= 0.3 is 5.97 Å². The Hall–Kier alpha value is -2.14. The molecule has 1 aromatic carbocycles. The van der Waals surface area contributed by atoms with E-state index in [1.807, 2.05) is 12.1 Å². The second-order valence-corrected chi connectivity index (χ2v) is 4.32. The van der Waals surface area contributed by atoms with Gasteiger partial charge in [-0.1, -0.05) is 25.1 Å². The number of hydrogen-bond donors (Lipinski definition) is 2. The lowest BCUT2D eigenvalue weighted by molar-refractivity contribution is -0.135. The monoisotopic (exact) mass is 293 g/mol. The Morgan fingerprint density at radius 3 is 2.52 bits per heavy atom. The Labute approximate surface area is 125 Å². The number of aryl methyl sites for hydroxylation is 1. The average molecular weight is 293 g/mol. The van der Waals surface area contributed by atoms with Crippen LogP contribution < -0.4 is 10.5 Å². The van der Waals surface area contributed by atoms with Crippen LogP contribution in [-0.4, -0.2) is 30.5 Å². The Morgan fingerprint density at radius 2 is 2.05 bits per heavy atom. The molecule has 0 atom stereocenters. The van der Waals surface area contributed by atoms with E-state index < -0.39 is 5.97 Å². The quantitative estimate of drug-likeness (QED) is 0.786. The van der Waals surface area contributed by atoms with E-state index in [9.17, 15) is 9.59 Å². The van der Waals surface area contributed by atoms with E-state index in [2.05, 4.69) is 38.6 Å². The highest BCUT2D eigenvalue weighted by molar-refractivity contribution is 5.72. The van der Waals surface area contributed by atoms with Gasteiger partial charge in [-0.3, -0.25) is 9.59 Å². The topological polar surface area (TPSA) is 89.6 Å². The zero-order valence-electron chi connectivity index (χ0n) is 12.8. The SMILES string of the molecule is CC/C=C(/C)c1c(C)cccc1OCC=O.NCC(=O)O. The van der Waals surface area contributed by atoms with Crippen molar-refractivity contribution in [3.8, 4) is 5.75 Å². The number of carbonyl (C=O) groups excluding carboxylic acids is 1. The lowest BCUT2D eigenvalue weighted by atomic mass is 10.00. The Balaban J connectivity index is 0.000000690. The van der Waals surface area contributed by atoms with Crippen molar-refractivity contribution in [2.75, 3.05) is 13.2 Å². The smallest absolute Gasteiger partial charge is 0.317 e. The van der Waals surface area contributed by atoms with Gasteiger partial charge in [0.25, 0.3) is 0 Å². The minimum absolute atomic E-state index is 0.107. The van der Waals surface area contributed by atoms with Gasteiger partial charge in [0.1, 0.15) is 12.4 Å². The van der Waals surface area contributed by atoms with Crippen molar-refractivity contribution >= 4 is 17.8 Å². The van der Waals surface area contributed by atoms with Crippen molar-refractivity contribution in [1.29, 1.82) is 0 Å². The highest BCUT2D eigenvalue weighted by atomic mass is 16.5. The Kier molecular flexibility index (Phi) is 9.54. The third-order valence-electron chi connectivity index (χ3n) is 2.62. The molecule has 0 unspecified atom stereocenters. The van der Waals surface area contributed by atoms with Crippen molar-refractivity contribution in [1.82, 2.24) is 0 Å². The molecule has 5 nitrogen and oxygen atoms in total. The minimum atomic E-state index is -0.968. The summed E-state index contributed by atoms with van der Waals surface area (Å²) in [4.78, 5) is 19.6. The number of carboxylic acid groups (broad SMARTS) is 1. The van der Waals surface area contributed by atoms with E-state index in [-0.39, 0.29) is 13.2 Å². The van der Waals surface area contributed by atoms with Gasteiger partial charge in [-0.2, -0.15) is 0 Å². The lowest BCUT2D eigenvalue weighted by Crippen LogP contribution is -2.10. The van der Waals surface area contributed by atoms with E-state index in [1.165, 1.54) is 11.1 Å². The molecule has 0 saturated carbocycles. The first-order valence-corrected chi connectivity index (χ1v) is 6.72. The van der Waals surface area contributed by atoms with Gasteiger partial charge in [0, 0.05) is 5.56 Å². The highest BCUT2D eigenvalue weighted by Crippen LogP contribution is 2.29. The molecule has 21 heavy (non-hydrogen) atoms. The Bertz CT molecular complexity index is 495. The molecule has 0 radical (unpaired) electrons. The molecule has 0 aliphatic heterocycles. The van der Waals surface area contributed by atoms with Crippen LogP contribution in [0.25, 0.3) is 5.57 Å². The number of carbonyl (C=O) groups is 2. The molecule has 1 aromatic rings. The summed E-state index contributed by atoms with van der Waals surface area (Å²) in [7, 11) is 0. The van der Waals surface area contributed by atoms with Crippen molar-refractivity contribution in [2.24, 2.45) is 5.73 Å². The average Bonchev–Trinajstić information content (AvgIpc) is 2.45. The van der Waals surface area contributed by atoms with E-state index in [1.54, 1.807) is 0 Å². The van der Waals surface area contributed by atoms with Gasteiger partial charge in [-0.05, 0) is 37.5 Å². The molecule has 5 heteroatoms.